The summed E-state index contributed by atoms with van der Waals surface area (Å²) in [5, 5.41) is 18.1. The highest BCUT2D eigenvalue weighted by Gasteiger charge is 2.19. The lowest BCUT2D eigenvalue weighted by atomic mass is 10.0. The molecule has 5 aromatic rings. The molecule has 1 aliphatic rings. The normalized spacial score (nSPS) is 14.1. The van der Waals surface area contributed by atoms with Crippen LogP contribution < -0.4 is 9.80 Å². The van der Waals surface area contributed by atoms with Gasteiger partial charge in [-0.2, -0.15) is 15.5 Å². The number of nitrogens with zero attached hydrogens (tertiary/aromatic N) is 9. The Bertz CT molecular complexity index is 1620. The minimum Gasteiger partial charge on any atom is -0.370 e. The fraction of sp³-hybridized carbons (Fsp3) is 0.250. The van der Waals surface area contributed by atoms with Crippen LogP contribution in [0.15, 0.2) is 67.5 Å². The highest BCUT2D eigenvalue weighted by atomic mass is 19.1. The molecular formula is C28H26FN9. The van der Waals surface area contributed by atoms with Crippen LogP contribution >= 0.6 is 0 Å². The van der Waals surface area contributed by atoms with E-state index in [-0.39, 0.29) is 6.04 Å². The molecule has 190 valence electrons. The molecule has 9 nitrogen and oxygen atoms in total. The van der Waals surface area contributed by atoms with Crippen molar-refractivity contribution in [2.24, 2.45) is 0 Å². The fourth-order valence-electron chi connectivity index (χ4n) is 4.94. The molecule has 1 aliphatic heterocycles. The Morgan fingerprint density at radius 1 is 1.00 bits per heavy atom. The van der Waals surface area contributed by atoms with E-state index in [0.29, 0.717) is 11.4 Å². The maximum atomic E-state index is 13.3. The van der Waals surface area contributed by atoms with Gasteiger partial charge in [0.15, 0.2) is 11.6 Å². The molecule has 0 aromatic carbocycles. The predicted molar refractivity (Wildman–Crippen MR) is 143 cm³/mol. The molecule has 0 N–H and O–H groups in total. The van der Waals surface area contributed by atoms with Crippen molar-refractivity contribution in [3.63, 3.8) is 0 Å². The quantitative estimate of drug-likeness (QED) is 0.326. The van der Waals surface area contributed by atoms with Crippen molar-refractivity contribution < 1.29 is 4.39 Å². The van der Waals surface area contributed by atoms with Gasteiger partial charge < -0.3 is 9.80 Å². The Morgan fingerprint density at radius 3 is 2.50 bits per heavy atom. The van der Waals surface area contributed by atoms with Crippen LogP contribution in [-0.4, -0.2) is 49.5 Å². The van der Waals surface area contributed by atoms with Gasteiger partial charge in [0, 0.05) is 43.7 Å². The summed E-state index contributed by atoms with van der Waals surface area (Å²) in [4.78, 5) is 13.6. The zero-order valence-corrected chi connectivity index (χ0v) is 21.2. The maximum Gasteiger partial charge on any atom is 0.161 e. The lowest BCUT2D eigenvalue weighted by molar-refractivity contribution is 0.627. The van der Waals surface area contributed by atoms with Crippen LogP contribution in [-0.2, 0) is 0 Å². The molecule has 0 amide bonds. The molecule has 0 spiro atoms. The van der Waals surface area contributed by atoms with Crippen molar-refractivity contribution in [1.82, 2.24) is 29.4 Å². The van der Waals surface area contributed by atoms with Crippen LogP contribution in [0.4, 0.5) is 15.9 Å². The Hall–Kier alpha value is -4.78. The van der Waals surface area contributed by atoms with Crippen LogP contribution in [0.5, 0.6) is 0 Å². The van der Waals surface area contributed by atoms with Crippen molar-refractivity contribution in [3.8, 4) is 23.0 Å². The summed E-state index contributed by atoms with van der Waals surface area (Å²) in [5.41, 5.74) is 5.28. The van der Waals surface area contributed by atoms with Crippen molar-refractivity contribution in [2.75, 3.05) is 29.9 Å². The van der Waals surface area contributed by atoms with Gasteiger partial charge in [-0.25, -0.2) is 23.6 Å². The summed E-state index contributed by atoms with van der Waals surface area (Å²) in [6.07, 6.45) is 12.0. The molecule has 1 fully saturated rings. The molecule has 1 atom stereocenters. The molecular weight excluding hydrogens is 481 g/mol. The Labute approximate surface area is 219 Å². The van der Waals surface area contributed by atoms with Crippen LogP contribution in [0.3, 0.4) is 0 Å². The van der Waals surface area contributed by atoms with Gasteiger partial charge in [-0.05, 0) is 49.6 Å². The molecule has 0 radical (unpaired) electrons. The van der Waals surface area contributed by atoms with Crippen LogP contribution in [0, 0.1) is 17.1 Å². The van der Waals surface area contributed by atoms with E-state index in [0.717, 1.165) is 53.0 Å². The average Bonchev–Trinajstić information content (AvgIpc) is 3.73. The Kier molecular flexibility index (Phi) is 5.96. The summed E-state index contributed by atoms with van der Waals surface area (Å²) in [5.74, 6) is 0.952. The van der Waals surface area contributed by atoms with E-state index < -0.39 is 5.82 Å². The van der Waals surface area contributed by atoms with E-state index in [1.165, 1.54) is 23.7 Å². The molecule has 0 unspecified atom stereocenters. The van der Waals surface area contributed by atoms with Gasteiger partial charge in [0.2, 0.25) is 0 Å². The summed E-state index contributed by atoms with van der Waals surface area (Å²) in [6, 6.07) is 12.2. The topological polar surface area (TPSA) is 91.2 Å². The van der Waals surface area contributed by atoms with Gasteiger partial charge in [0.05, 0.1) is 47.6 Å². The molecule has 6 rings (SSSR count). The van der Waals surface area contributed by atoms with Crippen molar-refractivity contribution in [2.45, 2.75) is 25.8 Å². The minimum absolute atomic E-state index is 0.00511. The molecule has 0 saturated carbocycles. The highest BCUT2D eigenvalue weighted by Crippen LogP contribution is 2.33. The van der Waals surface area contributed by atoms with Crippen molar-refractivity contribution >= 4 is 17.0 Å². The SMILES string of the molecule is C[C@@H](c1ccc(-n2cc(F)cn2)nc1)N(C)c1ccc(-c2cc(N3CCCC3)cn3ncc(C#N)c23)cn1. The number of aromatic nitrogens is 6. The van der Waals surface area contributed by atoms with Crippen LogP contribution in [0.1, 0.15) is 36.9 Å². The van der Waals surface area contributed by atoms with Gasteiger partial charge in [0.25, 0.3) is 0 Å². The number of pyridine rings is 3. The van der Waals surface area contributed by atoms with E-state index in [1.807, 2.05) is 43.7 Å². The molecule has 6 heterocycles. The number of hydrogen-bond acceptors (Lipinski definition) is 7. The summed E-state index contributed by atoms with van der Waals surface area (Å²) < 4.78 is 16.5. The molecule has 1 saturated heterocycles. The molecule has 0 aliphatic carbocycles. The lowest BCUT2D eigenvalue weighted by Gasteiger charge is -2.26. The first kappa shape index (κ1) is 23.6. The van der Waals surface area contributed by atoms with Gasteiger partial charge >= 0.3 is 0 Å². The third-order valence-corrected chi connectivity index (χ3v) is 7.23. The van der Waals surface area contributed by atoms with E-state index in [9.17, 15) is 9.65 Å². The second-order valence-corrected chi connectivity index (χ2v) is 9.51. The van der Waals surface area contributed by atoms with Crippen molar-refractivity contribution in [3.05, 3.63) is 84.5 Å². The van der Waals surface area contributed by atoms with E-state index in [1.54, 1.807) is 16.9 Å². The van der Waals surface area contributed by atoms with Crippen LogP contribution in [0.25, 0.3) is 22.5 Å². The maximum absolute atomic E-state index is 13.3. The molecule has 5 aromatic heterocycles. The van der Waals surface area contributed by atoms with Gasteiger partial charge in [-0.15, -0.1) is 0 Å². The first-order chi connectivity index (χ1) is 18.5. The minimum atomic E-state index is -0.404. The predicted octanol–water partition coefficient (Wildman–Crippen LogP) is 4.79. The summed E-state index contributed by atoms with van der Waals surface area (Å²) in [6.45, 7) is 4.12. The average molecular weight is 508 g/mol. The van der Waals surface area contributed by atoms with Gasteiger partial charge in [-0.3, -0.25) is 0 Å². The monoisotopic (exact) mass is 507 g/mol. The third-order valence-electron chi connectivity index (χ3n) is 7.23. The number of fused-ring (bicyclic) bond motifs is 1. The van der Waals surface area contributed by atoms with Gasteiger partial charge in [0.1, 0.15) is 11.9 Å². The second kappa shape index (κ2) is 9.59. The first-order valence-electron chi connectivity index (χ1n) is 12.5. The van der Waals surface area contributed by atoms with Crippen molar-refractivity contribution in [1.29, 1.82) is 5.26 Å². The largest absolute Gasteiger partial charge is 0.370 e. The third kappa shape index (κ3) is 4.22. The fourth-order valence-corrected chi connectivity index (χ4v) is 4.94. The standard InChI is InChI=1S/C28H26FN9/c1-19(20-5-8-27(32-13-20)37-17-23(29)16-34-37)35(2)26-7-6-21(14-31-26)25-11-24(36-9-3-4-10-36)18-38-28(25)22(12-30)15-33-38/h5-8,11,13-19H,3-4,9-10H2,1-2H3/t19-/m0/s1. The number of hydrogen-bond donors (Lipinski definition) is 0. The second-order valence-electron chi connectivity index (χ2n) is 9.51. The van der Waals surface area contributed by atoms with Crippen LogP contribution in [0.2, 0.25) is 0 Å². The molecule has 10 heteroatoms. The zero-order valence-electron chi connectivity index (χ0n) is 21.2. The van der Waals surface area contributed by atoms with E-state index in [2.05, 4.69) is 44.0 Å². The number of nitriles is 1. The Morgan fingerprint density at radius 2 is 1.84 bits per heavy atom. The van der Waals surface area contributed by atoms with E-state index >= 15 is 0 Å². The molecule has 38 heavy (non-hydrogen) atoms. The number of anilines is 2. The Balaban J connectivity index is 1.28. The van der Waals surface area contributed by atoms with Gasteiger partial charge in [-0.1, -0.05) is 6.07 Å². The summed E-state index contributed by atoms with van der Waals surface area (Å²) in [7, 11) is 1.99. The first-order valence-corrected chi connectivity index (χ1v) is 12.5. The van der Waals surface area contributed by atoms with E-state index in [4.69, 9.17) is 4.98 Å². The number of rotatable bonds is 6. The highest BCUT2D eigenvalue weighted by molar-refractivity contribution is 5.86. The summed E-state index contributed by atoms with van der Waals surface area (Å²) >= 11 is 0. The smallest absolute Gasteiger partial charge is 0.161 e. The number of halogens is 1. The zero-order chi connectivity index (χ0) is 26.2. The lowest BCUT2D eigenvalue weighted by Crippen LogP contribution is -2.22. The molecule has 0 bridgehead atoms.